The van der Waals surface area contributed by atoms with Crippen molar-refractivity contribution in [2.45, 2.75) is 20.3 Å². The van der Waals surface area contributed by atoms with Crippen molar-refractivity contribution < 1.29 is 28.2 Å². The van der Waals surface area contributed by atoms with Crippen LogP contribution in [0.5, 0.6) is 17.2 Å². The Bertz CT molecular complexity index is 1320. The van der Waals surface area contributed by atoms with E-state index in [1.165, 1.54) is 12.5 Å². The summed E-state index contributed by atoms with van der Waals surface area (Å²) in [5.41, 5.74) is 3.89. The molecular weight excluding hydrogens is 537 g/mol. The van der Waals surface area contributed by atoms with Gasteiger partial charge in [0.2, 0.25) is 0 Å². The van der Waals surface area contributed by atoms with Crippen molar-refractivity contribution in [1.29, 1.82) is 0 Å². The third-order valence-corrected chi connectivity index (χ3v) is 6.39. The molecule has 224 valence electrons. The number of ether oxygens (including phenoxy) is 3. The molecule has 0 spiro atoms. The van der Waals surface area contributed by atoms with Crippen LogP contribution in [0.25, 0.3) is 0 Å². The van der Waals surface area contributed by atoms with Gasteiger partial charge in [-0.1, -0.05) is 35.9 Å². The number of anilines is 1. The van der Waals surface area contributed by atoms with E-state index >= 15 is 0 Å². The maximum Gasteiger partial charge on any atom is 0.167 e. The SMILES string of the molecule is C=O.CC=O.COc1cc2c(cc1OC)N=CC=C(Oc1ccc(N3CCN(C)CC3)cc1F)C2.Cc1ccccc1. The molecule has 2 aliphatic heterocycles. The third-order valence-electron chi connectivity index (χ3n) is 6.39. The number of allylic oxidation sites excluding steroid dienone is 2. The van der Waals surface area contributed by atoms with Gasteiger partial charge >= 0.3 is 0 Å². The number of carbonyl (C=O) groups is 2. The lowest BCUT2D eigenvalue weighted by Crippen LogP contribution is -2.44. The van der Waals surface area contributed by atoms with Gasteiger partial charge in [-0.05, 0) is 50.7 Å². The van der Waals surface area contributed by atoms with Crippen molar-refractivity contribution >= 4 is 30.7 Å². The van der Waals surface area contributed by atoms with Crippen molar-refractivity contribution in [3.05, 3.63) is 89.4 Å². The summed E-state index contributed by atoms with van der Waals surface area (Å²) >= 11 is 0. The molecule has 0 atom stereocenters. The highest BCUT2D eigenvalue weighted by Crippen LogP contribution is 2.37. The molecule has 0 aliphatic carbocycles. The zero-order chi connectivity index (χ0) is 30.9. The fraction of sp³-hybridized carbons (Fsp3) is 0.303. The number of halogens is 1. The van der Waals surface area contributed by atoms with E-state index in [2.05, 4.69) is 40.9 Å². The Hall–Kier alpha value is -4.50. The third kappa shape index (κ3) is 10.2. The van der Waals surface area contributed by atoms with Crippen molar-refractivity contribution in [3.8, 4) is 17.2 Å². The van der Waals surface area contributed by atoms with Gasteiger partial charge in [-0.25, -0.2) is 4.39 Å². The Morgan fingerprint density at radius 1 is 0.905 bits per heavy atom. The van der Waals surface area contributed by atoms with E-state index in [4.69, 9.17) is 23.8 Å². The fourth-order valence-electron chi connectivity index (χ4n) is 4.20. The monoisotopic (exact) mass is 577 g/mol. The fourth-order valence-corrected chi connectivity index (χ4v) is 4.20. The van der Waals surface area contributed by atoms with Crippen LogP contribution in [0.2, 0.25) is 0 Å². The molecule has 0 amide bonds. The number of likely N-dealkylation sites (N-methyl/N-ethyl adjacent to an activating group) is 1. The molecule has 42 heavy (non-hydrogen) atoms. The van der Waals surface area contributed by atoms with Crippen molar-refractivity contribution in [1.82, 2.24) is 4.90 Å². The second-order valence-electron chi connectivity index (χ2n) is 9.32. The largest absolute Gasteiger partial charge is 0.493 e. The Morgan fingerprint density at radius 3 is 2.07 bits per heavy atom. The Labute approximate surface area is 248 Å². The maximum absolute atomic E-state index is 14.8. The van der Waals surface area contributed by atoms with Crippen LogP contribution in [0.1, 0.15) is 18.1 Å². The van der Waals surface area contributed by atoms with Gasteiger partial charge in [-0.15, -0.1) is 0 Å². The van der Waals surface area contributed by atoms with Gasteiger partial charge in [0.1, 0.15) is 18.8 Å². The van der Waals surface area contributed by atoms with Crippen LogP contribution < -0.4 is 19.1 Å². The molecule has 0 unspecified atom stereocenters. The average molecular weight is 578 g/mol. The van der Waals surface area contributed by atoms with E-state index < -0.39 is 0 Å². The van der Waals surface area contributed by atoms with E-state index in [9.17, 15) is 4.39 Å². The summed E-state index contributed by atoms with van der Waals surface area (Å²) in [5.74, 6) is 1.67. The average Bonchev–Trinajstić information content (AvgIpc) is 3.21. The predicted molar refractivity (Wildman–Crippen MR) is 166 cm³/mol. The highest BCUT2D eigenvalue weighted by atomic mass is 19.1. The van der Waals surface area contributed by atoms with Crippen LogP contribution in [0.15, 0.2) is 77.5 Å². The van der Waals surface area contributed by atoms with E-state index in [-0.39, 0.29) is 11.6 Å². The molecule has 9 heteroatoms. The first kappa shape index (κ1) is 33.7. The standard InChI is InChI=1S/C23H26FN3O3.C7H8.C2H4O.CH2O/c1-26-8-10-27(11-9-26)17-4-5-21(19(24)14-17)30-18-6-7-25-20-15-23(29-3)22(28-2)13-16(20)12-18;1-7-5-3-2-4-6-7;1-2-3;1-2/h4-7,13-15H,8-12H2,1-3H3;2-6H,1H3;2H,1H3;1H2. The Balaban J connectivity index is 0.000000434. The van der Waals surface area contributed by atoms with E-state index in [0.29, 0.717) is 23.7 Å². The minimum Gasteiger partial charge on any atom is -0.493 e. The summed E-state index contributed by atoms with van der Waals surface area (Å²) in [5, 5.41) is 0. The number of hydrogen-bond acceptors (Lipinski definition) is 8. The Morgan fingerprint density at radius 2 is 1.52 bits per heavy atom. The lowest BCUT2D eigenvalue weighted by molar-refractivity contribution is -0.106. The van der Waals surface area contributed by atoms with Crippen LogP contribution in [0.3, 0.4) is 0 Å². The zero-order valence-electron chi connectivity index (χ0n) is 25.0. The molecule has 0 bridgehead atoms. The van der Waals surface area contributed by atoms with Gasteiger partial charge in [-0.3, -0.25) is 4.99 Å². The van der Waals surface area contributed by atoms with Crippen molar-refractivity contribution in [3.63, 3.8) is 0 Å². The second kappa shape index (κ2) is 18.0. The summed E-state index contributed by atoms with van der Waals surface area (Å²) in [7, 11) is 5.28. The predicted octanol–water partition coefficient (Wildman–Crippen LogP) is 5.83. The molecule has 0 radical (unpaired) electrons. The van der Waals surface area contributed by atoms with Gasteiger partial charge in [0.25, 0.3) is 0 Å². The summed E-state index contributed by atoms with van der Waals surface area (Å²) in [6, 6.07) is 19.1. The smallest absolute Gasteiger partial charge is 0.167 e. The molecule has 1 fully saturated rings. The van der Waals surface area contributed by atoms with Gasteiger partial charge in [0.05, 0.1) is 19.9 Å². The number of benzene rings is 3. The van der Waals surface area contributed by atoms with Crippen LogP contribution in [-0.4, -0.2) is 71.6 Å². The van der Waals surface area contributed by atoms with Crippen LogP contribution >= 0.6 is 0 Å². The van der Waals surface area contributed by atoms with E-state index in [1.807, 2.05) is 43.2 Å². The summed E-state index contributed by atoms with van der Waals surface area (Å²) in [6.45, 7) is 9.25. The first-order chi connectivity index (χ1) is 20.4. The molecule has 2 aliphatic rings. The number of carbonyl (C=O) groups excluding carboxylic acids is 2. The minimum atomic E-state index is -0.374. The van der Waals surface area contributed by atoms with Gasteiger partial charge < -0.3 is 33.6 Å². The summed E-state index contributed by atoms with van der Waals surface area (Å²) in [4.78, 5) is 25.7. The number of hydrogen-bond donors (Lipinski definition) is 0. The number of methoxy groups -OCH3 is 2. The molecular formula is C33H40FN3O5. The van der Waals surface area contributed by atoms with Gasteiger partial charge in [0.15, 0.2) is 23.1 Å². The molecule has 0 saturated carbocycles. The highest BCUT2D eigenvalue weighted by molar-refractivity contribution is 5.78. The number of aryl methyl sites for hydroxylation is 1. The number of rotatable bonds is 5. The highest BCUT2D eigenvalue weighted by Gasteiger charge is 2.18. The molecule has 3 aromatic rings. The lowest BCUT2D eigenvalue weighted by atomic mass is 10.1. The summed E-state index contributed by atoms with van der Waals surface area (Å²) in [6.07, 6.45) is 4.63. The number of piperazine rings is 1. The molecule has 0 aromatic heterocycles. The van der Waals surface area contributed by atoms with Crippen LogP contribution in [0.4, 0.5) is 15.8 Å². The minimum absolute atomic E-state index is 0.205. The van der Waals surface area contributed by atoms with Gasteiger partial charge in [-0.2, -0.15) is 0 Å². The first-order valence-electron chi connectivity index (χ1n) is 13.5. The number of fused-ring (bicyclic) bond motifs is 1. The van der Waals surface area contributed by atoms with E-state index in [0.717, 1.165) is 49.4 Å². The van der Waals surface area contributed by atoms with E-state index in [1.54, 1.807) is 38.6 Å². The van der Waals surface area contributed by atoms with Crippen LogP contribution in [-0.2, 0) is 16.0 Å². The molecule has 2 heterocycles. The lowest BCUT2D eigenvalue weighted by Gasteiger charge is -2.34. The second-order valence-corrected chi connectivity index (χ2v) is 9.32. The van der Waals surface area contributed by atoms with Crippen molar-refractivity contribution in [2.24, 2.45) is 4.99 Å². The molecule has 5 rings (SSSR count). The first-order valence-corrected chi connectivity index (χ1v) is 13.5. The maximum atomic E-state index is 14.8. The quantitative estimate of drug-likeness (QED) is 0.353. The zero-order valence-corrected chi connectivity index (χ0v) is 25.0. The number of nitrogens with zero attached hydrogens (tertiary/aromatic N) is 3. The molecule has 3 aromatic carbocycles. The van der Waals surface area contributed by atoms with Crippen molar-refractivity contribution in [2.75, 3.05) is 52.3 Å². The summed E-state index contributed by atoms with van der Waals surface area (Å²) < 4.78 is 31.4. The normalized spacial score (nSPS) is 13.7. The molecule has 0 N–H and O–H groups in total. The number of aliphatic imine (C=N–C) groups is 1. The Kier molecular flexibility index (Phi) is 14.5. The molecule has 8 nitrogen and oxygen atoms in total. The van der Waals surface area contributed by atoms with Gasteiger partial charge in [0, 0.05) is 56.6 Å². The van der Waals surface area contributed by atoms with Crippen LogP contribution in [0, 0.1) is 12.7 Å². The molecule has 1 saturated heterocycles. The topological polar surface area (TPSA) is 80.7 Å². The number of aldehydes is 1.